The second-order valence-electron chi connectivity index (χ2n) is 8.68. The Labute approximate surface area is 197 Å². The standard InChI is InChI=1S/C23H24ClN3O5S/c24-20-8-6-14(11-22(20)27(28)29)23-18-5-1-4-17(18)19-12-16(7-9-21(19)26-23)33(30,31)25-13-15-3-2-10-32-15/h1,4,6-9,11-12,15,17-18,23,25-26H,2-3,5,10,13H2. The maximum Gasteiger partial charge on any atom is 0.288 e. The van der Waals surface area contributed by atoms with Gasteiger partial charge in [0.05, 0.1) is 22.0 Å². The summed E-state index contributed by atoms with van der Waals surface area (Å²) in [6.45, 7) is 0.936. The summed E-state index contributed by atoms with van der Waals surface area (Å²) in [6, 6.07) is 9.82. The molecule has 3 aliphatic rings. The Kier molecular flexibility index (Phi) is 5.90. The van der Waals surface area contributed by atoms with E-state index in [1.165, 1.54) is 6.07 Å². The summed E-state index contributed by atoms with van der Waals surface area (Å²) in [7, 11) is -3.67. The molecule has 5 rings (SSSR count). The highest BCUT2D eigenvalue weighted by molar-refractivity contribution is 7.89. The van der Waals surface area contributed by atoms with Crippen LogP contribution in [-0.4, -0.2) is 32.6 Å². The smallest absolute Gasteiger partial charge is 0.288 e. The highest BCUT2D eigenvalue weighted by Gasteiger charge is 2.39. The van der Waals surface area contributed by atoms with Crippen molar-refractivity contribution in [2.45, 2.75) is 42.2 Å². The van der Waals surface area contributed by atoms with Crippen LogP contribution in [0.3, 0.4) is 0 Å². The number of halogens is 1. The first-order chi connectivity index (χ1) is 15.8. The van der Waals surface area contributed by atoms with Crippen LogP contribution in [0.4, 0.5) is 11.4 Å². The number of nitrogens with one attached hydrogen (secondary N) is 2. The SMILES string of the molecule is O=[N+]([O-])c1cc(C2Nc3ccc(S(=O)(=O)NCC4CCCO4)cc3C3C=CCC32)ccc1Cl. The van der Waals surface area contributed by atoms with Crippen LogP contribution in [0.2, 0.25) is 5.02 Å². The van der Waals surface area contributed by atoms with Crippen LogP contribution < -0.4 is 10.0 Å². The first-order valence-electron chi connectivity index (χ1n) is 11.0. The fraction of sp³-hybridized carbons (Fsp3) is 0.391. The van der Waals surface area contributed by atoms with Crippen molar-refractivity contribution in [2.24, 2.45) is 5.92 Å². The summed E-state index contributed by atoms with van der Waals surface area (Å²) in [4.78, 5) is 11.1. The number of nitro groups is 1. The van der Waals surface area contributed by atoms with Gasteiger partial charge in [-0.15, -0.1) is 0 Å². The predicted molar refractivity (Wildman–Crippen MR) is 125 cm³/mol. The van der Waals surface area contributed by atoms with Crippen molar-refractivity contribution in [1.82, 2.24) is 4.72 Å². The van der Waals surface area contributed by atoms with Crippen LogP contribution in [0.1, 0.15) is 42.3 Å². The molecule has 174 valence electrons. The van der Waals surface area contributed by atoms with E-state index in [9.17, 15) is 18.5 Å². The molecule has 1 aliphatic carbocycles. The molecule has 2 aliphatic heterocycles. The summed E-state index contributed by atoms with van der Waals surface area (Å²) in [5.41, 5.74) is 2.39. The first kappa shape index (κ1) is 22.3. The molecule has 0 amide bonds. The van der Waals surface area contributed by atoms with E-state index in [-0.39, 0.29) is 46.1 Å². The zero-order valence-electron chi connectivity index (χ0n) is 17.7. The number of sulfonamides is 1. The van der Waals surface area contributed by atoms with Crippen LogP contribution in [0.5, 0.6) is 0 Å². The van der Waals surface area contributed by atoms with Crippen molar-refractivity contribution in [3.63, 3.8) is 0 Å². The Balaban J connectivity index is 1.44. The molecule has 1 fully saturated rings. The summed E-state index contributed by atoms with van der Waals surface area (Å²) in [5.74, 6) is 0.116. The molecule has 4 unspecified atom stereocenters. The molecule has 4 atom stereocenters. The van der Waals surface area contributed by atoms with Gasteiger partial charge in [-0.1, -0.05) is 29.8 Å². The van der Waals surface area contributed by atoms with E-state index in [1.54, 1.807) is 30.3 Å². The van der Waals surface area contributed by atoms with Gasteiger partial charge >= 0.3 is 0 Å². The third-order valence-corrected chi connectivity index (χ3v) is 8.44. The quantitative estimate of drug-likeness (QED) is 0.350. The number of fused-ring (bicyclic) bond motifs is 3. The molecule has 2 aromatic rings. The van der Waals surface area contributed by atoms with Crippen molar-refractivity contribution in [3.8, 4) is 0 Å². The fourth-order valence-corrected chi connectivity index (χ4v) is 6.31. The Morgan fingerprint density at radius 2 is 2.09 bits per heavy atom. The number of ether oxygens (including phenoxy) is 1. The molecule has 0 bridgehead atoms. The summed E-state index contributed by atoms with van der Waals surface area (Å²) < 4.78 is 34.0. The lowest BCUT2D eigenvalue weighted by Gasteiger charge is -2.37. The third-order valence-electron chi connectivity index (χ3n) is 6.70. The van der Waals surface area contributed by atoms with Crippen LogP contribution in [0, 0.1) is 16.0 Å². The van der Waals surface area contributed by atoms with Crippen molar-refractivity contribution in [3.05, 3.63) is 74.8 Å². The normalized spacial score (nSPS) is 26.0. The maximum absolute atomic E-state index is 12.9. The Morgan fingerprint density at radius 3 is 2.85 bits per heavy atom. The zero-order chi connectivity index (χ0) is 23.2. The van der Waals surface area contributed by atoms with Gasteiger partial charge in [-0.2, -0.15) is 0 Å². The summed E-state index contributed by atoms with van der Waals surface area (Å²) in [6.07, 6.45) is 6.69. The number of rotatable bonds is 6. The zero-order valence-corrected chi connectivity index (χ0v) is 19.3. The lowest BCUT2D eigenvalue weighted by atomic mass is 9.77. The van der Waals surface area contributed by atoms with Crippen LogP contribution in [0.25, 0.3) is 0 Å². The van der Waals surface area contributed by atoms with Gasteiger partial charge in [-0.25, -0.2) is 13.1 Å². The van der Waals surface area contributed by atoms with E-state index in [2.05, 4.69) is 22.2 Å². The number of anilines is 1. The van der Waals surface area contributed by atoms with Crippen molar-refractivity contribution >= 4 is 33.0 Å². The topological polar surface area (TPSA) is 111 Å². The highest BCUT2D eigenvalue weighted by atomic mass is 35.5. The second kappa shape index (κ2) is 8.72. The molecule has 2 heterocycles. The van der Waals surface area contributed by atoms with Gasteiger partial charge in [0.1, 0.15) is 5.02 Å². The van der Waals surface area contributed by atoms with Crippen LogP contribution in [0.15, 0.2) is 53.4 Å². The lowest BCUT2D eigenvalue weighted by molar-refractivity contribution is -0.384. The van der Waals surface area contributed by atoms with Gasteiger partial charge < -0.3 is 10.1 Å². The minimum atomic E-state index is -3.67. The van der Waals surface area contributed by atoms with E-state index in [0.717, 1.165) is 36.1 Å². The largest absolute Gasteiger partial charge is 0.378 e. The average molecular weight is 490 g/mol. The molecule has 0 radical (unpaired) electrons. The van der Waals surface area contributed by atoms with Crippen molar-refractivity contribution in [1.29, 1.82) is 0 Å². The number of nitro benzene ring substituents is 1. The van der Waals surface area contributed by atoms with Crippen LogP contribution in [-0.2, 0) is 14.8 Å². The Hall–Kier alpha value is -2.46. The van der Waals surface area contributed by atoms with E-state index in [0.29, 0.717) is 6.61 Å². The summed E-state index contributed by atoms with van der Waals surface area (Å²) in [5, 5.41) is 15.0. The summed E-state index contributed by atoms with van der Waals surface area (Å²) >= 11 is 6.00. The van der Waals surface area contributed by atoms with Crippen molar-refractivity contribution in [2.75, 3.05) is 18.5 Å². The van der Waals surface area contributed by atoms with E-state index in [4.69, 9.17) is 16.3 Å². The Morgan fingerprint density at radius 1 is 1.24 bits per heavy atom. The molecule has 2 aromatic carbocycles. The van der Waals surface area contributed by atoms with E-state index in [1.807, 2.05) is 0 Å². The molecule has 1 saturated heterocycles. The molecular formula is C23H24ClN3O5S. The van der Waals surface area contributed by atoms with Gasteiger partial charge in [0, 0.05) is 30.8 Å². The molecule has 10 heteroatoms. The number of hydrogen-bond acceptors (Lipinski definition) is 6. The van der Waals surface area contributed by atoms with Gasteiger partial charge in [0.25, 0.3) is 5.69 Å². The molecular weight excluding hydrogens is 466 g/mol. The van der Waals surface area contributed by atoms with Crippen LogP contribution >= 0.6 is 11.6 Å². The molecule has 33 heavy (non-hydrogen) atoms. The monoisotopic (exact) mass is 489 g/mol. The molecule has 0 spiro atoms. The van der Waals surface area contributed by atoms with Gasteiger partial charge in [0.2, 0.25) is 10.0 Å². The maximum atomic E-state index is 12.9. The van der Waals surface area contributed by atoms with Gasteiger partial charge in [-0.05, 0) is 60.6 Å². The molecule has 2 N–H and O–H groups in total. The number of hydrogen-bond donors (Lipinski definition) is 2. The second-order valence-corrected chi connectivity index (χ2v) is 10.9. The average Bonchev–Trinajstić information content (AvgIpc) is 3.49. The minimum absolute atomic E-state index is 0.00861. The van der Waals surface area contributed by atoms with E-state index >= 15 is 0 Å². The molecule has 0 aromatic heterocycles. The fourth-order valence-electron chi connectivity index (χ4n) is 5.02. The van der Waals surface area contributed by atoms with Gasteiger partial charge in [0.15, 0.2) is 0 Å². The number of benzene rings is 2. The number of nitrogens with zero attached hydrogens (tertiary/aromatic N) is 1. The first-order valence-corrected chi connectivity index (χ1v) is 12.8. The van der Waals surface area contributed by atoms with Crippen molar-refractivity contribution < 1.29 is 18.1 Å². The predicted octanol–water partition coefficient (Wildman–Crippen LogP) is 4.53. The van der Waals surface area contributed by atoms with E-state index < -0.39 is 14.9 Å². The highest BCUT2D eigenvalue weighted by Crippen LogP contribution is 2.50. The molecule has 8 nitrogen and oxygen atoms in total. The van der Waals surface area contributed by atoms with Gasteiger partial charge in [-0.3, -0.25) is 10.1 Å². The molecule has 0 saturated carbocycles. The minimum Gasteiger partial charge on any atom is -0.378 e. The Bertz CT molecular complexity index is 1230. The lowest BCUT2D eigenvalue weighted by Crippen LogP contribution is -2.32. The third kappa shape index (κ3) is 4.26. The number of allylic oxidation sites excluding steroid dienone is 2.